The van der Waals surface area contributed by atoms with Crippen LogP contribution in [0.2, 0.25) is 0 Å². The molecule has 1 rings (SSSR count). The van der Waals surface area contributed by atoms with Crippen LogP contribution in [-0.4, -0.2) is 32.3 Å². The fraction of sp³-hybridized carbons (Fsp3) is 0.533. The molecule has 0 saturated heterocycles. The second-order valence-electron chi connectivity index (χ2n) is 5.66. The smallest absolute Gasteiger partial charge is 0.387 e. The van der Waals surface area contributed by atoms with Crippen LogP contribution in [0.3, 0.4) is 0 Å². The molecule has 0 spiro atoms. The Morgan fingerprint density at radius 3 is 2.45 bits per heavy atom. The highest BCUT2D eigenvalue weighted by atomic mass is 19.3. The Balaban J connectivity index is 2.77. The molecule has 0 bridgehead atoms. The van der Waals surface area contributed by atoms with Gasteiger partial charge in [0.05, 0.1) is 7.11 Å². The van der Waals surface area contributed by atoms with Crippen molar-refractivity contribution in [3.8, 4) is 11.5 Å². The molecule has 5 nitrogen and oxygen atoms in total. The van der Waals surface area contributed by atoms with Gasteiger partial charge in [-0.05, 0) is 38.5 Å². The lowest BCUT2D eigenvalue weighted by Gasteiger charge is -2.23. The molecule has 0 aromatic heterocycles. The van der Waals surface area contributed by atoms with Crippen LogP contribution in [0.15, 0.2) is 23.2 Å². The molecule has 0 aliphatic carbocycles. The quantitative estimate of drug-likeness (QED) is 0.648. The van der Waals surface area contributed by atoms with Crippen LogP contribution in [0.5, 0.6) is 11.5 Å². The third-order valence-electron chi connectivity index (χ3n) is 2.62. The molecule has 0 aliphatic rings. The highest BCUT2D eigenvalue weighted by Gasteiger charge is 2.13. The van der Waals surface area contributed by atoms with Gasteiger partial charge in [-0.1, -0.05) is 6.07 Å². The monoisotopic (exact) mass is 315 g/mol. The Morgan fingerprint density at radius 2 is 1.95 bits per heavy atom. The lowest BCUT2D eigenvalue weighted by atomic mass is 10.1. The van der Waals surface area contributed by atoms with E-state index in [2.05, 4.69) is 20.4 Å². The Kier molecular flexibility index (Phi) is 6.39. The van der Waals surface area contributed by atoms with Gasteiger partial charge in [0.2, 0.25) is 0 Å². The highest BCUT2D eigenvalue weighted by Crippen LogP contribution is 2.29. The number of nitrogens with zero attached hydrogens (tertiary/aromatic N) is 1. The van der Waals surface area contributed by atoms with Crippen molar-refractivity contribution in [3.63, 3.8) is 0 Å². The van der Waals surface area contributed by atoms with E-state index in [4.69, 9.17) is 4.74 Å². The number of aliphatic imine (C=N–C) groups is 1. The molecule has 0 unspecified atom stereocenters. The molecule has 2 N–H and O–H groups in total. The van der Waals surface area contributed by atoms with Crippen molar-refractivity contribution in [1.29, 1.82) is 0 Å². The summed E-state index contributed by atoms with van der Waals surface area (Å²) >= 11 is 0. The number of ether oxygens (including phenoxy) is 2. The van der Waals surface area contributed by atoms with Crippen molar-refractivity contribution in [3.05, 3.63) is 23.8 Å². The standard InChI is InChI=1S/C15H23F2N3O2/c1-15(2,3)20-14(18-4)19-9-10-6-7-11(21-5)12(8-10)22-13(16)17/h6-8,13H,9H2,1-5H3,(H2,18,19,20). The first-order valence-corrected chi connectivity index (χ1v) is 6.85. The molecule has 0 radical (unpaired) electrons. The van der Waals surface area contributed by atoms with E-state index in [9.17, 15) is 8.78 Å². The van der Waals surface area contributed by atoms with Gasteiger partial charge in [0.1, 0.15) is 0 Å². The number of nitrogens with one attached hydrogen (secondary N) is 2. The topological polar surface area (TPSA) is 54.9 Å². The van der Waals surface area contributed by atoms with Crippen LogP contribution >= 0.6 is 0 Å². The molecule has 0 saturated carbocycles. The maximum Gasteiger partial charge on any atom is 0.387 e. The molecule has 22 heavy (non-hydrogen) atoms. The third kappa shape index (κ3) is 6.15. The lowest BCUT2D eigenvalue weighted by Crippen LogP contribution is -2.47. The molecule has 0 atom stereocenters. The van der Waals surface area contributed by atoms with Gasteiger partial charge in [-0.2, -0.15) is 8.78 Å². The van der Waals surface area contributed by atoms with Crippen molar-refractivity contribution in [2.75, 3.05) is 14.2 Å². The molecule has 1 aromatic carbocycles. The Labute approximate surface area is 129 Å². The summed E-state index contributed by atoms with van der Waals surface area (Å²) in [5.41, 5.74) is 0.638. The molecule has 0 amide bonds. The summed E-state index contributed by atoms with van der Waals surface area (Å²) in [5.74, 6) is 0.900. The average Bonchev–Trinajstić information content (AvgIpc) is 2.41. The number of halogens is 2. The van der Waals surface area contributed by atoms with Crippen LogP contribution < -0.4 is 20.1 Å². The second kappa shape index (κ2) is 7.82. The summed E-state index contributed by atoms with van der Waals surface area (Å²) in [6.45, 7) is 3.57. The first kappa shape index (κ1) is 18.0. The summed E-state index contributed by atoms with van der Waals surface area (Å²) in [7, 11) is 3.07. The van der Waals surface area contributed by atoms with Gasteiger partial charge in [-0.25, -0.2) is 0 Å². The molecular formula is C15H23F2N3O2. The third-order valence-corrected chi connectivity index (χ3v) is 2.62. The van der Waals surface area contributed by atoms with E-state index in [0.717, 1.165) is 5.56 Å². The van der Waals surface area contributed by atoms with Crippen molar-refractivity contribution in [2.45, 2.75) is 39.5 Å². The van der Waals surface area contributed by atoms with E-state index >= 15 is 0 Å². The van der Waals surface area contributed by atoms with E-state index in [1.54, 1.807) is 19.2 Å². The Hall–Kier alpha value is -2.05. The Morgan fingerprint density at radius 1 is 1.27 bits per heavy atom. The van der Waals surface area contributed by atoms with E-state index in [0.29, 0.717) is 12.5 Å². The predicted molar refractivity (Wildman–Crippen MR) is 82.7 cm³/mol. The van der Waals surface area contributed by atoms with Crippen LogP contribution in [0, 0.1) is 0 Å². The molecule has 1 aromatic rings. The predicted octanol–water partition coefficient (Wildman–Crippen LogP) is 2.76. The zero-order valence-electron chi connectivity index (χ0n) is 13.5. The molecular weight excluding hydrogens is 292 g/mol. The largest absolute Gasteiger partial charge is 0.493 e. The van der Waals surface area contributed by atoms with Gasteiger partial charge >= 0.3 is 6.61 Å². The number of rotatable bonds is 5. The van der Waals surface area contributed by atoms with E-state index < -0.39 is 6.61 Å². The van der Waals surface area contributed by atoms with Gasteiger partial charge in [-0.3, -0.25) is 4.99 Å². The normalized spacial score (nSPS) is 12.3. The van der Waals surface area contributed by atoms with Crippen molar-refractivity contribution in [2.24, 2.45) is 4.99 Å². The molecule has 7 heteroatoms. The first-order chi connectivity index (χ1) is 10.2. The molecule has 0 aliphatic heterocycles. The SMILES string of the molecule is CN=C(NCc1ccc(OC)c(OC(F)F)c1)NC(C)(C)C. The van der Waals surface area contributed by atoms with Crippen LogP contribution in [0.4, 0.5) is 8.78 Å². The molecule has 124 valence electrons. The zero-order valence-corrected chi connectivity index (χ0v) is 13.5. The minimum atomic E-state index is -2.90. The Bertz CT molecular complexity index is 514. The number of hydrogen-bond acceptors (Lipinski definition) is 3. The van der Waals surface area contributed by atoms with Gasteiger partial charge < -0.3 is 20.1 Å². The lowest BCUT2D eigenvalue weighted by molar-refractivity contribution is -0.0512. The van der Waals surface area contributed by atoms with Crippen LogP contribution in [0.1, 0.15) is 26.3 Å². The minimum Gasteiger partial charge on any atom is -0.493 e. The zero-order chi connectivity index (χ0) is 16.8. The van der Waals surface area contributed by atoms with Gasteiger partial charge in [0.25, 0.3) is 0 Å². The van der Waals surface area contributed by atoms with Crippen molar-refractivity contribution < 1.29 is 18.3 Å². The number of alkyl halides is 2. The fourth-order valence-electron chi connectivity index (χ4n) is 1.74. The fourth-order valence-corrected chi connectivity index (χ4v) is 1.74. The van der Waals surface area contributed by atoms with E-state index in [1.165, 1.54) is 13.2 Å². The van der Waals surface area contributed by atoms with Gasteiger partial charge in [-0.15, -0.1) is 0 Å². The second-order valence-corrected chi connectivity index (χ2v) is 5.66. The minimum absolute atomic E-state index is 0.00979. The van der Waals surface area contributed by atoms with Crippen molar-refractivity contribution in [1.82, 2.24) is 10.6 Å². The highest BCUT2D eigenvalue weighted by molar-refractivity contribution is 5.80. The van der Waals surface area contributed by atoms with Crippen LogP contribution in [-0.2, 0) is 6.54 Å². The first-order valence-electron chi connectivity index (χ1n) is 6.85. The van der Waals surface area contributed by atoms with Crippen molar-refractivity contribution >= 4 is 5.96 Å². The average molecular weight is 315 g/mol. The molecule has 0 heterocycles. The van der Waals surface area contributed by atoms with Gasteiger partial charge in [0.15, 0.2) is 17.5 Å². The summed E-state index contributed by atoms with van der Waals surface area (Å²) in [5, 5.41) is 6.32. The number of benzene rings is 1. The van der Waals surface area contributed by atoms with E-state index in [-0.39, 0.29) is 17.0 Å². The maximum atomic E-state index is 12.4. The number of hydrogen-bond donors (Lipinski definition) is 2. The molecule has 0 fully saturated rings. The van der Waals surface area contributed by atoms with Gasteiger partial charge in [0, 0.05) is 19.1 Å². The summed E-state index contributed by atoms with van der Waals surface area (Å²) in [6.07, 6.45) is 0. The summed E-state index contributed by atoms with van der Waals surface area (Å²) < 4.78 is 34.3. The summed E-state index contributed by atoms with van der Waals surface area (Å²) in [6, 6.07) is 4.88. The van der Waals surface area contributed by atoms with E-state index in [1.807, 2.05) is 20.8 Å². The number of guanidine groups is 1. The number of methoxy groups -OCH3 is 1. The van der Waals surface area contributed by atoms with Crippen LogP contribution in [0.25, 0.3) is 0 Å². The summed E-state index contributed by atoms with van der Waals surface area (Å²) in [4.78, 5) is 4.11. The maximum absolute atomic E-state index is 12.4.